The van der Waals surface area contributed by atoms with Gasteiger partial charge >= 0.3 is 23.9 Å². The number of fused-ring (bicyclic) bond motifs is 1. The van der Waals surface area contributed by atoms with Crippen molar-refractivity contribution in [2.45, 2.75) is 25.5 Å². The topological polar surface area (TPSA) is 156 Å². The second-order valence-electron chi connectivity index (χ2n) is 10.1. The predicted octanol–water partition coefficient (Wildman–Crippen LogP) is 4.24. The van der Waals surface area contributed by atoms with Gasteiger partial charge in [-0.25, -0.2) is 4.79 Å². The molecule has 10 nitrogen and oxygen atoms in total. The van der Waals surface area contributed by atoms with E-state index in [9.17, 15) is 34.2 Å². The van der Waals surface area contributed by atoms with Crippen LogP contribution in [-0.2, 0) is 35.1 Å². The molecule has 1 amide bonds. The van der Waals surface area contributed by atoms with Gasteiger partial charge in [0.2, 0.25) is 5.91 Å². The van der Waals surface area contributed by atoms with Crippen LogP contribution >= 0.6 is 23.2 Å². The maximum atomic E-state index is 13.3. The number of carbonyl (C=O) groups is 5. The number of hydrogen-bond acceptors (Lipinski definition) is 7. The van der Waals surface area contributed by atoms with Crippen molar-refractivity contribution in [3.8, 4) is 0 Å². The third-order valence-electron chi connectivity index (χ3n) is 7.49. The van der Waals surface area contributed by atoms with Gasteiger partial charge in [-0.1, -0.05) is 59.6 Å². The number of carboxylic acid groups (broad SMARTS) is 2. The Hall–Kier alpha value is -4.15. The van der Waals surface area contributed by atoms with Crippen LogP contribution in [0.1, 0.15) is 22.8 Å². The summed E-state index contributed by atoms with van der Waals surface area (Å²) < 4.78 is 10.4. The fraction of sp³-hybridized carbons (Fsp3) is 0.300. The van der Waals surface area contributed by atoms with Crippen molar-refractivity contribution < 1.29 is 43.7 Å². The van der Waals surface area contributed by atoms with Gasteiger partial charge in [-0.15, -0.1) is 0 Å². The van der Waals surface area contributed by atoms with E-state index in [0.29, 0.717) is 10.6 Å². The van der Waals surface area contributed by atoms with Gasteiger partial charge in [-0.3, -0.25) is 19.2 Å². The van der Waals surface area contributed by atoms with E-state index >= 15 is 0 Å². The predicted molar refractivity (Wildman–Crippen MR) is 152 cm³/mol. The average molecular weight is 616 g/mol. The van der Waals surface area contributed by atoms with Crippen LogP contribution in [0.15, 0.2) is 60.7 Å². The molecular weight excluding hydrogens is 589 g/mol. The van der Waals surface area contributed by atoms with Gasteiger partial charge in [-0.05, 0) is 47.5 Å². The quantitative estimate of drug-likeness (QED) is 0.284. The number of nitrogens with one attached hydrogen (secondary N) is 1. The number of hydrogen-bond donors (Lipinski definition) is 3. The Morgan fingerprint density at radius 1 is 0.833 bits per heavy atom. The third kappa shape index (κ3) is 6.34. The number of carbonyl (C=O) groups excluding carboxylic acids is 3. The van der Waals surface area contributed by atoms with Gasteiger partial charge in [0.15, 0.2) is 0 Å². The highest BCUT2D eigenvalue weighted by atomic mass is 35.5. The van der Waals surface area contributed by atoms with E-state index in [-0.39, 0.29) is 17.0 Å². The lowest BCUT2D eigenvalue weighted by molar-refractivity contribution is -0.188. The van der Waals surface area contributed by atoms with Gasteiger partial charge in [0.25, 0.3) is 0 Å². The molecule has 42 heavy (non-hydrogen) atoms. The molecule has 4 atom stereocenters. The number of amides is 1. The van der Waals surface area contributed by atoms with Crippen molar-refractivity contribution in [2.75, 3.05) is 7.11 Å². The lowest BCUT2D eigenvalue weighted by Crippen LogP contribution is -2.63. The molecule has 1 unspecified atom stereocenters. The maximum Gasteiger partial charge on any atom is 0.338 e. The van der Waals surface area contributed by atoms with Crippen molar-refractivity contribution in [1.82, 2.24) is 5.32 Å². The molecule has 1 aliphatic carbocycles. The Morgan fingerprint density at radius 3 is 2.07 bits per heavy atom. The van der Waals surface area contributed by atoms with Gasteiger partial charge in [0.05, 0.1) is 52.4 Å². The van der Waals surface area contributed by atoms with E-state index in [0.717, 1.165) is 17.9 Å². The highest BCUT2D eigenvalue weighted by Crippen LogP contribution is 2.47. The molecule has 1 fully saturated rings. The summed E-state index contributed by atoms with van der Waals surface area (Å²) in [5, 5.41) is 24.3. The molecule has 3 aromatic carbocycles. The van der Waals surface area contributed by atoms with Crippen LogP contribution in [-0.4, -0.2) is 59.3 Å². The van der Waals surface area contributed by atoms with Crippen LogP contribution in [0.25, 0.3) is 10.8 Å². The lowest BCUT2D eigenvalue weighted by Gasteiger charge is -2.45. The number of rotatable bonds is 10. The first-order chi connectivity index (χ1) is 19.9. The Labute approximate surface area is 250 Å². The van der Waals surface area contributed by atoms with E-state index in [1.807, 2.05) is 24.3 Å². The summed E-state index contributed by atoms with van der Waals surface area (Å²) in [6.07, 6.45) is -0.911. The normalized spacial score (nSPS) is 21.0. The first-order valence-electron chi connectivity index (χ1n) is 12.9. The van der Waals surface area contributed by atoms with Gasteiger partial charge in [0.1, 0.15) is 6.10 Å². The van der Waals surface area contributed by atoms with Gasteiger partial charge in [-0.2, -0.15) is 0 Å². The van der Waals surface area contributed by atoms with Crippen molar-refractivity contribution in [3.05, 3.63) is 81.8 Å². The Bertz CT molecular complexity index is 1540. The second kappa shape index (κ2) is 12.8. The molecule has 0 saturated heterocycles. The zero-order chi connectivity index (χ0) is 30.7. The molecule has 0 heterocycles. The van der Waals surface area contributed by atoms with E-state index in [1.165, 1.54) is 6.92 Å². The van der Waals surface area contributed by atoms with E-state index < -0.39 is 65.6 Å². The Balaban J connectivity index is 1.59. The van der Waals surface area contributed by atoms with E-state index in [4.69, 9.17) is 27.9 Å². The smallest absolute Gasteiger partial charge is 0.338 e. The monoisotopic (exact) mass is 615 g/mol. The molecule has 0 spiro atoms. The highest BCUT2D eigenvalue weighted by molar-refractivity contribution is 6.42. The summed E-state index contributed by atoms with van der Waals surface area (Å²) >= 11 is 12.2. The SMILES string of the molecule is COC(=O)C1[C@H](C(=O)O)C(C(=O)N[C@H](C)C(Cc2ccc(Cl)c(Cl)c2)OC(=O)c2ccc3ccccc3c2)[C@H]1C(=O)O. The molecule has 4 rings (SSSR count). The summed E-state index contributed by atoms with van der Waals surface area (Å²) in [7, 11) is 1.01. The molecule has 0 aliphatic heterocycles. The minimum atomic E-state index is -1.61. The Morgan fingerprint density at radius 2 is 1.48 bits per heavy atom. The molecule has 220 valence electrons. The fourth-order valence-electron chi connectivity index (χ4n) is 5.27. The minimum absolute atomic E-state index is 0.0812. The van der Waals surface area contributed by atoms with E-state index in [2.05, 4.69) is 10.1 Å². The van der Waals surface area contributed by atoms with Crippen LogP contribution in [0.5, 0.6) is 0 Å². The van der Waals surface area contributed by atoms with Crippen molar-refractivity contribution in [1.29, 1.82) is 0 Å². The summed E-state index contributed by atoms with van der Waals surface area (Å²) in [4.78, 5) is 62.6. The first-order valence-corrected chi connectivity index (χ1v) is 13.7. The van der Waals surface area contributed by atoms with Crippen LogP contribution in [0, 0.1) is 23.7 Å². The first kappa shape index (κ1) is 30.8. The van der Waals surface area contributed by atoms with Gasteiger partial charge in [0, 0.05) is 6.42 Å². The van der Waals surface area contributed by atoms with Crippen LogP contribution in [0.3, 0.4) is 0 Å². The van der Waals surface area contributed by atoms with Crippen molar-refractivity contribution >= 4 is 63.8 Å². The van der Waals surface area contributed by atoms with Crippen molar-refractivity contribution in [3.63, 3.8) is 0 Å². The highest BCUT2D eigenvalue weighted by Gasteiger charge is 2.64. The molecule has 3 aromatic rings. The lowest BCUT2D eigenvalue weighted by atomic mass is 9.56. The summed E-state index contributed by atoms with van der Waals surface area (Å²) in [6, 6.07) is 16.4. The minimum Gasteiger partial charge on any atom is -0.481 e. The number of halogens is 2. The molecule has 1 aliphatic rings. The second-order valence-corrected chi connectivity index (χ2v) is 10.9. The molecular formula is C30H27Cl2NO9. The van der Waals surface area contributed by atoms with Crippen molar-refractivity contribution in [2.24, 2.45) is 23.7 Å². The van der Waals surface area contributed by atoms with Crippen LogP contribution in [0.2, 0.25) is 10.0 Å². The summed E-state index contributed by atoms with van der Waals surface area (Å²) in [5.74, 6) is -12.0. The number of methoxy groups -OCH3 is 1. The molecule has 0 radical (unpaired) electrons. The van der Waals surface area contributed by atoms with Gasteiger partial charge < -0.3 is 25.0 Å². The van der Waals surface area contributed by atoms with Crippen LogP contribution < -0.4 is 5.32 Å². The number of esters is 2. The maximum absolute atomic E-state index is 13.3. The largest absolute Gasteiger partial charge is 0.481 e. The standard InChI is InChI=1S/C30H27Cl2NO9/c1-14(33-26(34)22-23(27(35)36)25(30(40)41-2)24(22)28(37)38)21(12-15-7-10-19(31)20(32)11-15)42-29(39)18-9-8-16-5-3-4-6-17(16)13-18/h3-11,13-14,21-25H,12H2,1-2H3,(H,33,34)(H,35,36)(H,37,38)/t14-,21?,22?,23-,24-,25?/m1/s1. The zero-order valence-electron chi connectivity index (χ0n) is 22.5. The molecule has 1 saturated carbocycles. The number of carboxylic acids is 2. The number of ether oxygens (including phenoxy) is 2. The molecule has 0 aromatic heterocycles. The fourth-order valence-corrected chi connectivity index (χ4v) is 5.59. The number of benzene rings is 3. The third-order valence-corrected chi connectivity index (χ3v) is 8.23. The Kier molecular flexibility index (Phi) is 9.38. The molecule has 12 heteroatoms. The molecule has 3 N–H and O–H groups in total. The van der Waals surface area contributed by atoms with Crippen LogP contribution in [0.4, 0.5) is 0 Å². The number of aliphatic carboxylic acids is 2. The zero-order valence-corrected chi connectivity index (χ0v) is 24.0. The average Bonchev–Trinajstić information content (AvgIpc) is 2.93. The molecule has 0 bridgehead atoms. The summed E-state index contributed by atoms with van der Waals surface area (Å²) in [5.41, 5.74) is 0.895. The van der Waals surface area contributed by atoms with E-state index in [1.54, 1.807) is 36.4 Å². The summed E-state index contributed by atoms with van der Waals surface area (Å²) in [6.45, 7) is 1.54.